The smallest absolute Gasteiger partial charge is 0.410 e. The second-order valence-corrected chi connectivity index (χ2v) is 10.8. The number of carboxylic acids is 1. The number of aryl methyl sites for hydroxylation is 1. The maximum Gasteiger partial charge on any atom is 0.410 e. The fourth-order valence-electron chi connectivity index (χ4n) is 3.42. The minimum Gasteiger partial charge on any atom is -0.477 e. The summed E-state index contributed by atoms with van der Waals surface area (Å²) in [6.07, 6.45) is 1.38. The van der Waals surface area contributed by atoms with Crippen LogP contribution in [0.5, 0.6) is 0 Å². The monoisotopic (exact) mass is 655 g/mol. The van der Waals surface area contributed by atoms with Crippen LogP contribution >= 0.6 is 49.9 Å². The number of carbonyl (C=O) groups excluding carboxylic acids is 1. The Morgan fingerprint density at radius 1 is 1.39 bits per heavy atom. The highest BCUT2D eigenvalue weighted by molar-refractivity contribution is 14.1. The number of ether oxygens (including phenoxy) is 1. The summed E-state index contributed by atoms with van der Waals surface area (Å²) in [4.78, 5) is 25.8. The number of carbonyl (C=O) groups is 2. The van der Waals surface area contributed by atoms with Gasteiger partial charge >= 0.3 is 18.0 Å². The molecule has 33 heavy (non-hydrogen) atoms. The number of carboxylic acid groups (broad SMARTS) is 1. The van der Waals surface area contributed by atoms with Crippen molar-refractivity contribution in [1.82, 2.24) is 4.90 Å². The van der Waals surface area contributed by atoms with Gasteiger partial charge in [-0.1, -0.05) is 28.1 Å². The fraction of sp³-hybridized carbons (Fsp3) is 0.364. The Kier molecular flexibility index (Phi) is 8.87. The van der Waals surface area contributed by atoms with Crippen LogP contribution in [-0.2, 0) is 17.1 Å². The fourth-order valence-corrected chi connectivity index (χ4v) is 5.90. The average Bonchev–Trinajstić information content (AvgIpc) is 3.22. The molecule has 1 fully saturated rings. The first kappa shape index (κ1) is 26.0. The first-order valence-electron chi connectivity index (χ1n) is 10.0. The molecule has 0 unspecified atom stereocenters. The van der Waals surface area contributed by atoms with Crippen LogP contribution in [-0.4, -0.2) is 52.5 Å². The number of hydrogen-bond acceptors (Lipinski definition) is 5. The van der Waals surface area contributed by atoms with Crippen LogP contribution in [0.2, 0.25) is 0 Å². The highest BCUT2D eigenvalue weighted by Gasteiger charge is 2.40. The molecule has 0 saturated carbocycles. The first-order chi connectivity index (χ1) is 15.6. The van der Waals surface area contributed by atoms with Crippen LogP contribution in [0, 0.1) is 3.57 Å². The molecule has 2 aromatic rings. The lowest BCUT2D eigenvalue weighted by atomic mass is 10.0. The summed E-state index contributed by atoms with van der Waals surface area (Å²) in [6.45, 7) is 0.470. The largest absolute Gasteiger partial charge is 0.477 e. The van der Waals surface area contributed by atoms with Gasteiger partial charge in [0.15, 0.2) is 0 Å². The van der Waals surface area contributed by atoms with E-state index in [1.54, 1.807) is 12.1 Å². The number of aliphatic hydroxyl groups is 1. The van der Waals surface area contributed by atoms with Gasteiger partial charge in [-0.05, 0) is 65.8 Å². The Labute approximate surface area is 215 Å². The molecule has 2 atom stereocenters. The predicted octanol–water partition coefficient (Wildman–Crippen LogP) is 5.67. The molecule has 0 bridgehead atoms. The third kappa shape index (κ3) is 6.74. The van der Waals surface area contributed by atoms with E-state index in [0.29, 0.717) is 33.9 Å². The van der Waals surface area contributed by atoms with Crippen molar-refractivity contribution in [2.45, 2.75) is 37.3 Å². The minimum atomic E-state index is -3.51. The van der Waals surface area contributed by atoms with E-state index >= 15 is 0 Å². The number of nitrogens with zero attached hydrogens (tertiary/aromatic N) is 1. The summed E-state index contributed by atoms with van der Waals surface area (Å²) < 4.78 is 35.8. The van der Waals surface area contributed by atoms with Crippen LogP contribution < -0.4 is 0 Å². The minimum absolute atomic E-state index is 0.160. The van der Waals surface area contributed by atoms with E-state index in [1.165, 1.54) is 40.5 Å². The van der Waals surface area contributed by atoms with E-state index in [4.69, 9.17) is 9.84 Å². The zero-order valence-electron chi connectivity index (χ0n) is 17.2. The highest BCUT2D eigenvalue weighted by Crippen LogP contribution is 2.35. The standard InChI is InChI=1S/C22H21BrF2INO5S/c23-14-10-13(11-15(26)12-14)22(24,25)19(28)6-3-16-7-9-32-21(31)27(16)8-1-2-17-4-5-18(33-17)20(29)30/h3-6,10-12,16,19,28H,1-2,7-9H2,(H,29,30)/t16-,19+/m0/s1. The molecule has 2 heterocycles. The van der Waals surface area contributed by atoms with E-state index in [0.717, 1.165) is 11.0 Å². The third-order valence-corrected chi connectivity index (χ3v) is 7.32. The molecule has 2 N–H and O–H groups in total. The first-order valence-corrected chi connectivity index (χ1v) is 12.7. The number of alkyl halides is 2. The van der Waals surface area contributed by atoms with Crippen molar-refractivity contribution in [2.24, 2.45) is 0 Å². The van der Waals surface area contributed by atoms with Gasteiger partial charge in [0.05, 0.1) is 12.6 Å². The number of cyclic esters (lactones) is 1. The maximum atomic E-state index is 14.8. The van der Waals surface area contributed by atoms with Crippen molar-refractivity contribution in [3.63, 3.8) is 0 Å². The van der Waals surface area contributed by atoms with Gasteiger partial charge in [-0.15, -0.1) is 11.3 Å². The Morgan fingerprint density at radius 3 is 2.82 bits per heavy atom. The molecular weight excluding hydrogens is 635 g/mol. The number of benzene rings is 1. The van der Waals surface area contributed by atoms with Crippen LogP contribution in [0.25, 0.3) is 0 Å². The second-order valence-electron chi connectivity index (χ2n) is 7.45. The topological polar surface area (TPSA) is 87.1 Å². The quantitative estimate of drug-likeness (QED) is 0.269. The maximum absolute atomic E-state index is 14.8. The van der Waals surface area contributed by atoms with E-state index in [1.807, 2.05) is 22.6 Å². The average molecular weight is 656 g/mol. The number of aromatic carboxylic acids is 1. The SMILES string of the molecule is O=C(O)c1ccc(CCCN2C(=O)OCC[C@@H]2C=C[C@@H](O)C(F)(F)c2cc(Br)cc(I)c2)s1. The van der Waals surface area contributed by atoms with Gasteiger partial charge in [0.2, 0.25) is 0 Å². The Morgan fingerprint density at radius 2 is 2.15 bits per heavy atom. The summed E-state index contributed by atoms with van der Waals surface area (Å²) in [5.41, 5.74) is -0.310. The van der Waals surface area contributed by atoms with Gasteiger partial charge in [-0.3, -0.25) is 0 Å². The van der Waals surface area contributed by atoms with Gasteiger partial charge in [-0.2, -0.15) is 8.78 Å². The van der Waals surface area contributed by atoms with E-state index in [2.05, 4.69) is 15.9 Å². The molecule has 1 aliphatic heterocycles. The molecule has 1 aromatic heterocycles. The molecule has 1 aromatic carbocycles. The van der Waals surface area contributed by atoms with Gasteiger partial charge in [0.25, 0.3) is 0 Å². The number of rotatable bonds is 9. The molecule has 11 heteroatoms. The van der Waals surface area contributed by atoms with Crippen molar-refractivity contribution < 1.29 is 33.3 Å². The summed E-state index contributed by atoms with van der Waals surface area (Å²) >= 11 is 6.30. The van der Waals surface area contributed by atoms with Crippen LogP contribution in [0.1, 0.15) is 33.0 Å². The van der Waals surface area contributed by atoms with Gasteiger partial charge in [-0.25, -0.2) is 9.59 Å². The molecule has 1 aliphatic rings. The molecular formula is C22H21BrF2INO5S. The van der Waals surface area contributed by atoms with E-state index in [9.17, 15) is 23.5 Å². The van der Waals surface area contributed by atoms with Crippen molar-refractivity contribution in [2.75, 3.05) is 13.2 Å². The van der Waals surface area contributed by atoms with E-state index < -0.39 is 30.1 Å². The number of halogens is 4. The summed E-state index contributed by atoms with van der Waals surface area (Å²) in [7, 11) is 0. The molecule has 6 nitrogen and oxygen atoms in total. The molecule has 0 spiro atoms. The Balaban J connectivity index is 1.65. The zero-order valence-corrected chi connectivity index (χ0v) is 21.8. The lowest BCUT2D eigenvalue weighted by Gasteiger charge is -2.33. The number of aliphatic hydroxyl groups excluding tert-OH is 1. The molecule has 1 saturated heterocycles. The van der Waals surface area contributed by atoms with E-state index in [-0.39, 0.29) is 17.0 Å². The summed E-state index contributed by atoms with van der Waals surface area (Å²) in [5.74, 6) is -4.50. The van der Waals surface area contributed by atoms with Crippen molar-refractivity contribution >= 4 is 61.9 Å². The normalized spacial score (nSPS) is 17.9. The lowest BCUT2D eigenvalue weighted by molar-refractivity contribution is -0.0930. The number of hydrogen-bond donors (Lipinski definition) is 2. The summed E-state index contributed by atoms with van der Waals surface area (Å²) in [5, 5.41) is 19.2. The number of thiophene rings is 1. The molecule has 0 aliphatic carbocycles. The molecule has 3 rings (SSSR count). The molecule has 0 radical (unpaired) electrons. The lowest BCUT2D eigenvalue weighted by Crippen LogP contribution is -2.45. The third-order valence-electron chi connectivity index (χ3n) is 5.10. The zero-order chi connectivity index (χ0) is 24.2. The summed E-state index contributed by atoms with van der Waals surface area (Å²) in [6, 6.07) is 7.05. The Bertz CT molecular complexity index is 1030. The highest BCUT2D eigenvalue weighted by atomic mass is 127. The van der Waals surface area contributed by atoms with Crippen molar-refractivity contribution in [3.8, 4) is 0 Å². The van der Waals surface area contributed by atoms with Gasteiger partial charge < -0.3 is 19.8 Å². The predicted molar refractivity (Wildman–Crippen MR) is 132 cm³/mol. The molecule has 178 valence electrons. The second kappa shape index (κ2) is 11.2. The Hall–Kier alpha value is -1.57. The van der Waals surface area contributed by atoms with Crippen molar-refractivity contribution in [3.05, 3.63) is 65.8 Å². The van der Waals surface area contributed by atoms with Crippen LogP contribution in [0.4, 0.5) is 13.6 Å². The van der Waals surface area contributed by atoms with Crippen LogP contribution in [0.3, 0.4) is 0 Å². The number of amides is 1. The van der Waals surface area contributed by atoms with Crippen LogP contribution in [0.15, 0.2) is 47.0 Å². The van der Waals surface area contributed by atoms with Gasteiger partial charge in [0, 0.05) is 31.4 Å². The van der Waals surface area contributed by atoms with Crippen molar-refractivity contribution in [1.29, 1.82) is 0 Å². The van der Waals surface area contributed by atoms with Gasteiger partial charge in [0.1, 0.15) is 11.0 Å². The molecule has 1 amide bonds.